The molecule has 1 saturated heterocycles. The summed E-state index contributed by atoms with van der Waals surface area (Å²) >= 11 is 0. The van der Waals surface area contributed by atoms with Gasteiger partial charge in [0.05, 0.1) is 12.5 Å². The lowest BCUT2D eigenvalue weighted by Gasteiger charge is -2.23. The smallest absolute Gasteiger partial charge is 0.326 e. The molecule has 1 heterocycles. The van der Waals surface area contributed by atoms with Crippen molar-refractivity contribution in [3.63, 3.8) is 0 Å². The van der Waals surface area contributed by atoms with Crippen molar-refractivity contribution in [3.8, 4) is 0 Å². The molecule has 1 rings (SSSR count). The summed E-state index contributed by atoms with van der Waals surface area (Å²) in [7, 11) is 0. The molecule has 0 aromatic rings. The first-order valence-electron chi connectivity index (χ1n) is 9.38. The van der Waals surface area contributed by atoms with Gasteiger partial charge in [-0.1, -0.05) is 0 Å². The molecule has 13 nitrogen and oxygen atoms in total. The molecule has 4 amide bonds. The van der Waals surface area contributed by atoms with Gasteiger partial charge in [0.2, 0.25) is 23.6 Å². The van der Waals surface area contributed by atoms with Gasteiger partial charge in [0.25, 0.3) is 0 Å². The molecule has 4 atom stereocenters. The van der Waals surface area contributed by atoms with E-state index in [1.807, 2.05) is 5.32 Å². The SMILES string of the molecule is CC(NC(=O)C(CCC(N)=O)NC(=O)C1CCCN1)C(=O)NC(CC(=O)O)C(=O)O. The van der Waals surface area contributed by atoms with Gasteiger partial charge in [-0.05, 0) is 32.7 Å². The molecule has 4 unspecified atom stereocenters. The van der Waals surface area contributed by atoms with Gasteiger partial charge in [-0.3, -0.25) is 24.0 Å². The molecule has 0 spiro atoms. The van der Waals surface area contributed by atoms with Crippen LogP contribution >= 0.6 is 0 Å². The number of aliphatic carboxylic acids is 2. The van der Waals surface area contributed by atoms with E-state index in [1.54, 1.807) is 0 Å². The molecule has 1 fully saturated rings. The van der Waals surface area contributed by atoms with Crippen LogP contribution < -0.4 is 27.0 Å². The highest BCUT2D eigenvalue weighted by Gasteiger charge is 2.30. The van der Waals surface area contributed by atoms with Gasteiger partial charge >= 0.3 is 11.9 Å². The minimum atomic E-state index is -1.67. The zero-order chi connectivity index (χ0) is 22.8. The molecule has 0 aromatic heterocycles. The van der Waals surface area contributed by atoms with Crippen LogP contribution in [0.4, 0.5) is 0 Å². The van der Waals surface area contributed by atoms with Crippen molar-refractivity contribution < 1.29 is 39.0 Å². The molecule has 0 aliphatic carbocycles. The molecule has 8 N–H and O–H groups in total. The summed E-state index contributed by atoms with van der Waals surface area (Å²) in [6.45, 7) is 1.92. The van der Waals surface area contributed by atoms with Crippen molar-refractivity contribution in [1.82, 2.24) is 21.3 Å². The highest BCUT2D eigenvalue weighted by molar-refractivity contribution is 5.94. The fourth-order valence-electron chi connectivity index (χ4n) is 2.79. The van der Waals surface area contributed by atoms with E-state index in [9.17, 15) is 28.8 Å². The third-order valence-corrected chi connectivity index (χ3v) is 4.43. The lowest BCUT2D eigenvalue weighted by Crippen LogP contribution is -2.56. The molecule has 13 heteroatoms. The van der Waals surface area contributed by atoms with Crippen LogP contribution in [0.15, 0.2) is 0 Å². The number of hydrogen-bond acceptors (Lipinski definition) is 7. The summed E-state index contributed by atoms with van der Waals surface area (Å²) in [6.07, 6.45) is 0.276. The summed E-state index contributed by atoms with van der Waals surface area (Å²) in [4.78, 5) is 69.8. The Morgan fingerprint density at radius 2 is 1.70 bits per heavy atom. The third kappa shape index (κ3) is 8.43. The highest BCUT2D eigenvalue weighted by atomic mass is 16.4. The maximum absolute atomic E-state index is 12.5. The van der Waals surface area contributed by atoms with E-state index in [2.05, 4.69) is 16.0 Å². The second-order valence-corrected chi connectivity index (χ2v) is 6.94. The number of carbonyl (C=O) groups is 6. The van der Waals surface area contributed by atoms with Crippen molar-refractivity contribution in [1.29, 1.82) is 0 Å². The van der Waals surface area contributed by atoms with Crippen molar-refractivity contribution >= 4 is 35.6 Å². The highest BCUT2D eigenvalue weighted by Crippen LogP contribution is 2.07. The first-order chi connectivity index (χ1) is 14.0. The van der Waals surface area contributed by atoms with Crippen LogP contribution in [0.1, 0.15) is 39.0 Å². The van der Waals surface area contributed by atoms with Crippen LogP contribution in [0.5, 0.6) is 0 Å². The first-order valence-corrected chi connectivity index (χ1v) is 9.38. The summed E-state index contributed by atoms with van der Waals surface area (Å²) in [5, 5.41) is 27.5. The van der Waals surface area contributed by atoms with Crippen LogP contribution in [0.25, 0.3) is 0 Å². The van der Waals surface area contributed by atoms with Crippen LogP contribution in [-0.4, -0.2) is 76.5 Å². The molecule has 0 bridgehead atoms. The summed E-state index contributed by atoms with van der Waals surface area (Å²) < 4.78 is 0. The van der Waals surface area contributed by atoms with Crippen LogP contribution in [0.3, 0.4) is 0 Å². The van der Waals surface area contributed by atoms with Gasteiger partial charge in [-0.15, -0.1) is 0 Å². The number of amides is 4. The zero-order valence-electron chi connectivity index (χ0n) is 16.5. The Balaban J connectivity index is 2.73. The predicted molar refractivity (Wildman–Crippen MR) is 101 cm³/mol. The van der Waals surface area contributed by atoms with Gasteiger partial charge in [0.15, 0.2) is 0 Å². The molecule has 0 radical (unpaired) electrons. The average Bonchev–Trinajstić information content (AvgIpc) is 3.18. The standard InChI is InChI=1S/C17H27N5O8/c1-8(14(26)22-11(17(29)30)7-13(24)25)20-16(28)10(4-5-12(18)23)21-15(27)9-3-2-6-19-9/h8-11,19H,2-7H2,1H3,(H2,18,23)(H,20,28)(H,21,27)(H,22,26)(H,24,25)(H,29,30). The molecule has 168 valence electrons. The second kappa shape index (κ2) is 11.7. The molecular formula is C17H27N5O8. The predicted octanol–water partition coefficient (Wildman–Crippen LogP) is -2.96. The first kappa shape index (κ1) is 24.8. The average molecular weight is 429 g/mol. The monoisotopic (exact) mass is 429 g/mol. The Morgan fingerprint density at radius 1 is 1.03 bits per heavy atom. The number of carboxylic acid groups (broad SMARTS) is 2. The minimum absolute atomic E-state index is 0.0925. The molecule has 1 aliphatic rings. The second-order valence-electron chi connectivity index (χ2n) is 6.94. The maximum atomic E-state index is 12.5. The summed E-state index contributed by atoms with van der Waals surface area (Å²) in [5.41, 5.74) is 5.10. The van der Waals surface area contributed by atoms with E-state index < -0.39 is 66.2 Å². The van der Waals surface area contributed by atoms with Crippen LogP contribution in [0.2, 0.25) is 0 Å². The van der Waals surface area contributed by atoms with Gasteiger partial charge in [0.1, 0.15) is 18.1 Å². The van der Waals surface area contributed by atoms with Crippen molar-refractivity contribution in [3.05, 3.63) is 0 Å². The Labute approximate surface area is 172 Å². The minimum Gasteiger partial charge on any atom is -0.481 e. The molecule has 0 saturated carbocycles. The Bertz CT molecular complexity index is 692. The van der Waals surface area contributed by atoms with Crippen LogP contribution in [0, 0.1) is 0 Å². The Kier molecular flexibility index (Phi) is 9.68. The van der Waals surface area contributed by atoms with Gasteiger partial charge in [-0.25, -0.2) is 4.79 Å². The lowest BCUT2D eigenvalue weighted by atomic mass is 10.1. The van der Waals surface area contributed by atoms with E-state index in [4.69, 9.17) is 15.9 Å². The van der Waals surface area contributed by atoms with E-state index in [1.165, 1.54) is 6.92 Å². The number of hydrogen-bond donors (Lipinski definition) is 7. The number of carbonyl (C=O) groups excluding carboxylic acids is 4. The van der Waals surface area contributed by atoms with Gasteiger partial charge in [-0.2, -0.15) is 0 Å². The van der Waals surface area contributed by atoms with Gasteiger partial charge in [0, 0.05) is 6.42 Å². The van der Waals surface area contributed by atoms with Crippen molar-refractivity contribution in [2.24, 2.45) is 5.73 Å². The number of rotatable bonds is 12. The summed E-state index contributed by atoms with van der Waals surface area (Å²) in [5.74, 6) is -5.76. The summed E-state index contributed by atoms with van der Waals surface area (Å²) in [6, 6.07) is -4.52. The maximum Gasteiger partial charge on any atom is 0.326 e. The van der Waals surface area contributed by atoms with Crippen LogP contribution in [-0.2, 0) is 28.8 Å². The van der Waals surface area contributed by atoms with Crippen molar-refractivity contribution in [2.45, 2.75) is 63.2 Å². The normalized spacial score (nSPS) is 18.5. The number of primary amides is 1. The van der Waals surface area contributed by atoms with E-state index in [-0.39, 0.29) is 12.8 Å². The topological polar surface area (TPSA) is 217 Å². The van der Waals surface area contributed by atoms with E-state index in [0.29, 0.717) is 13.0 Å². The molecular weight excluding hydrogens is 402 g/mol. The molecule has 30 heavy (non-hydrogen) atoms. The zero-order valence-corrected chi connectivity index (χ0v) is 16.5. The van der Waals surface area contributed by atoms with Crippen molar-refractivity contribution in [2.75, 3.05) is 6.54 Å². The molecule has 0 aromatic carbocycles. The third-order valence-electron chi connectivity index (χ3n) is 4.43. The fourth-order valence-corrected chi connectivity index (χ4v) is 2.79. The number of nitrogens with two attached hydrogens (primary N) is 1. The van der Waals surface area contributed by atoms with E-state index >= 15 is 0 Å². The fraction of sp³-hybridized carbons (Fsp3) is 0.647. The number of carboxylic acids is 2. The van der Waals surface area contributed by atoms with E-state index in [0.717, 1.165) is 6.42 Å². The number of nitrogens with one attached hydrogen (secondary N) is 4. The quantitative estimate of drug-likeness (QED) is 0.168. The molecule has 1 aliphatic heterocycles. The Hall–Kier alpha value is -3.22. The Morgan fingerprint density at radius 3 is 2.20 bits per heavy atom. The lowest BCUT2D eigenvalue weighted by molar-refractivity contribution is -0.147. The van der Waals surface area contributed by atoms with Gasteiger partial charge < -0.3 is 37.2 Å². The largest absolute Gasteiger partial charge is 0.481 e.